The number of fused-ring (bicyclic) bond motifs is 11. The van der Waals surface area contributed by atoms with Gasteiger partial charge in [-0.2, -0.15) is 0 Å². The predicted molar refractivity (Wildman–Crippen MR) is 226 cm³/mol. The zero-order valence-electron chi connectivity index (χ0n) is 28.9. The van der Waals surface area contributed by atoms with E-state index in [0.29, 0.717) is 0 Å². The summed E-state index contributed by atoms with van der Waals surface area (Å²) in [5.74, 6) is 0. The van der Waals surface area contributed by atoms with Gasteiger partial charge in [0.2, 0.25) is 0 Å². The summed E-state index contributed by atoms with van der Waals surface area (Å²) in [7, 11) is 0. The van der Waals surface area contributed by atoms with Gasteiger partial charge in [-0.05, 0) is 85.2 Å². The first-order valence-electron chi connectivity index (χ1n) is 18.5. The van der Waals surface area contributed by atoms with E-state index in [4.69, 9.17) is 0 Å². The molecule has 244 valence electrons. The van der Waals surface area contributed by atoms with Crippen LogP contribution in [0.3, 0.4) is 0 Å². The van der Waals surface area contributed by atoms with Crippen LogP contribution in [0.15, 0.2) is 188 Å². The first-order valence-corrected chi connectivity index (χ1v) is 18.5. The second-order valence-electron chi connectivity index (χ2n) is 14.5. The molecule has 2 nitrogen and oxygen atoms in total. The van der Waals surface area contributed by atoms with Crippen LogP contribution in [0.25, 0.3) is 76.7 Å². The van der Waals surface area contributed by atoms with E-state index in [2.05, 4.69) is 197 Å². The van der Waals surface area contributed by atoms with E-state index >= 15 is 0 Å². The van der Waals surface area contributed by atoms with E-state index in [1.165, 1.54) is 99.0 Å². The highest BCUT2D eigenvalue weighted by atomic mass is 15.2. The summed E-state index contributed by atoms with van der Waals surface area (Å²) >= 11 is 0. The number of hydrogen-bond donors (Lipinski definition) is 0. The van der Waals surface area contributed by atoms with Crippen molar-refractivity contribution in [1.29, 1.82) is 0 Å². The third kappa shape index (κ3) is 3.99. The Bertz CT molecular complexity index is 3110. The Morgan fingerprint density at radius 3 is 1.85 bits per heavy atom. The van der Waals surface area contributed by atoms with Crippen molar-refractivity contribution in [2.24, 2.45) is 0 Å². The van der Waals surface area contributed by atoms with Gasteiger partial charge in [-0.25, -0.2) is 0 Å². The number of hydrogen-bond acceptors (Lipinski definition) is 1. The van der Waals surface area contributed by atoms with Gasteiger partial charge in [0.25, 0.3) is 0 Å². The normalized spacial score (nSPS) is 12.8. The van der Waals surface area contributed by atoms with Gasteiger partial charge in [0.15, 0.2) is 0 Å². The fourth-order valence-corrected chi connectivity index (χ4v) is 9.47. The highest BCUT2D eigenvalue weighted by Crippen LogP contribution is 2.49. The number of para-hydroxylation sites is 1. The van der Waals surface area contributed by atoms with Crippen LogP contribution in [0, 0.1) is 0 Å². The molecule has 0 saturated heterocycles. The van der Waals surface area contributed by atoms with Crippen molar-refractivity contribution in [2.75, 3.05) is 4.90 Å². The van der Waals surface area contributed by atoms with Gasteiger partial charge >= 0.3 is 6.85 Å². The highest BCUT2D eigenvalue weighted by Gasteiger charge is 2.43. The fourth-order valence-electron chi connectivity index (χ4n) is 9.47. The van der Waals surface area contributed by atoms with Crippen molar-refractivity contribution in [3.8, 4) is 33.4 Å². The molecule has 0 saturated carbocycles. The lowest BCUT2D eigenvalue weighted by Crippen LogP contribution is -2.56. The zero-order valence-corrected chi connectivity index (χ0v) is 28.9. The van der Waals surface area contributed by atoms with E-state index in [-0.39, 0.29) is 6.85 Å². The Balaban J connectivity index is 1.23. The van der Waals surface area contributed by atoms with E-state index in [1.54, 1.807) is 0 Å². The van der Waals surface area contributed by atoms with Gasteiger partial charge < -0.3 is 9.38 Å². The maximum atomic E-state index is 2.68. The smallest absolute Gasteiger partial charge is 0.333 e. The van der Waals surface area contributed by atoms with Gasteiger partial charge in [0.05, 0.1) is 5.69 Å². The summed E-state index contributed by atoms with van der Waals surface area (Å²) in [6.07, 6.45) is 0. The van der Waals surface area contributed by atoms with Crippen molar-refractivity contribution in [1.82, 2.24) is 4.48 Å². The molecule has 0 bridgehead atoms. The molecule has 2 aliphatic rings. The molecule has 0 unspecified atom stereocenters. The third-order valence-corrected chi connectivity index (χ3v) is 11.7. The molecule has 0 aliphatic carbocycles. The van der Waals surface area contributed by atoms with Crippen molar-refractivity contribution < 1.29 is 0 Å². The summed E-state index contributed by atoms with van der Waals surface area (Å²) in [5.41, 5.74) is 16.4. The zero-order chi connectivity index (χ0) is 34.6. The summed E-state index contributed by atoms with van der Waals surface area (Å²) in [4.78, 5) is 2.54. The lowest BCUT2D eigenvalue weighted by atomic mass is 9.44. The van der Waals surface area contributed by atoms with E-state index in [0.717, 1.165) is 5.69 Å². The molecule has 53 heavy (non-hydrogen) atoms. The third-order valence-electron chi connectivity index (χ3n) is 11.7. The standard InChI is InChI=1S/C50H31BN2/c1-3-12-32(13-4-1)34-22-26-38(27-23-34)52-45-28-25-36(33-14-5-2-6-15-33)31-44(45)51-48-43(30-37-17-8-10-19-40(37)50(48)52)41-20-11-21-42-47-39-18-9-7-16-35(39)24-29-46(47)53(51)49(41)42/h1-31H. The molecule has 12 rings (SSSR count). The first-order chi connectivity index (χ1) is 26.3. The van der Waals surface area contributed by atoms with Crippen molar-refractivity contribution in [3.05, 3.63) is 188 Å². The lowest BCUT2D eigenvalue weighted by Gasteiger charge is -2.41. The molecule has 9 aromatic carbocycles. The van der Waals surface area contributed by atoms with Crippen LogP contribution in [0.5, 0.6) is 0 Å². The molecular formula is C50H31BN2. The molecule has 0 amide bonds. The quantitative estimate of drug-likeness (QED) is 0.170. The number of rotatable bonds is 3. The Kier molecular flexibility index (Phi) is 5.89. The van der Waals surface area contributed by atoms with Crippen LogP contribution in [0.4, 0.5) is 17.1 Å². The van der Waals surface area contributed by atoms with Crippen LogP contribution < -0.4 is 15.8 Å². The van der Waals surface area contributed by atoms with Crippen LogP contribution in [-0.4, -0.2) is 11.3 Å². The molecule has 10 aromatic rings. The number of benzene rings is 9. The molecular weight excluding hydrogens is 639 g/mol. The van der Waals surface area contributed by atoms with E-state index < -0.39 is 0 Å². The minimum absolute atomic E-state index is 0.0285. The minimum Gasteiger partial charge on any atom is -0.375 e. The second kappa shape index (κ2) is 10.8. The van der Waals surface area contributed by atoms with Crippen LogP contribution >= 0.6 is 0 Å². The van der Waals surface area contributed by atoms with E-state index in [9.17, 15) is 0 Å². The fraction of sp³-hybridized carbons (Fsp3) is 0. The van der Waals surface area contributed by atoms with Gasteiger partial charge in [0, 0.05) is 44.1 Å². The summed E-state index contributed by atoms with van der Waals surface area (Å²) in [6.45, 7) is -0.0285. The number of aromatic nitrogens is 1. The van der Waals surface area contributed by atoms with Crippen molar-refractivity contribution in [2.45, 2.75) is 0 Å². The monoisotopic (exact) mass is 670 g/mol. The van der Waals surface area contributed by atoms with Crippen LogP contribution in [-0.2, 0) is 0 Å². The molecule has 2 aliphatic heterocycles. The van der Waals surface area contributed by atoms with Crippen LogP contribution in [0.1, 0.15) is 0 Å². The average Bonchev–Trinajstić information content (AvgIpc) is 3.58. The summed E-state index contributed by atoms with van der Waals surface area (Å²) < 4.78 is 2.68. The van der Waals surface area contributed by atoms with Gasteiger partial charge in [0.1, 0.15) is 0 Å². The molecule has 0 radical (unpaired) electrons. The molecule has 0 atom stereocenters. The van der Waals surface area contributed by atoms with E-state index in [1.807, 2.05) is 0 Å². The van der Waals surface area contributed by atoms with Crippen LogP contribution in [0.2, 0.25) is 0 Å². The molecule has 0 N–H and O–H groups in total. The Labute approximate surface area is 307 Å². The van der Waals surface area contributed by atoms with Gasteiger partial charge in [-0.15, -0.1) is 0 Å². The minimum atomic E-state index is -0.0285. The number of nitrogens with zero attached hydrogens (tertiary/aromatic N) is 2. The van der Waals surface area contributed by atoms with Crippen molar-refractivity contribution >= 4 is 78.2 Å². The second-order valence-corrected chi connectivity index (χ2v) is 14.5. The maximum absolute atomic E-state index is 2.68. The lowest BCUT2D eigenvalue weighted by molar-refractivity contribution is 1.26. The predicted octanol–water partition coefficient (Wildman–Crippen LogP) is 11.9. The molecule has 0 fully saturated rings. The largest absolute Gasteiger partial charge is 0.375 e. The molecule has 3 heterocycles. The Hall–Kier alpha value is -6.84. The Morgan fingerprint density at radius 2 is 1.06 bits per heavy atom. The molecule has 0 spiro atoms. The maximum Gasteiger partial charge on any atom is 0.333 e. The van der Waals surface area contributed by atoms with Gasteiger partial charge in [-0.1, -0.05) is 158 Å². The highest BCUT2D eigenvalue weighted by molar-refractivity contribution is 6.90. The SMILES string of the molecule is c1ccc(-c2ccc(N3c4ccc(-c5ccccc5)cc4B4c5c(cc6ccccc6c53)-c3cccc5c6c7ccccc7ccc6n4c35)cc2)cc1. The summed E-state index contributed by atoms with van der Waals surface area (Å²) in [6, 6.07) is 69.7. The average molecular weight is 671 g/mol. The molecule has 3 heteroatoms. The Morgan fingerprint density at radius 1 is 0.415 bits per heavy atom. The first kappa shape index (κ1) is 28.8. The summed E-state index contributed by atoms with van der Waals surface area (Å²) in [5, 5.41) is 7.73. The van der Waals surface area contributed by atoms with Gasteiger partial charge in [-0.3, -0.25) is 0 Å². The topological polar surface area (TPSA) is 8.17 Å². The molecule has 1 aromatic heterocycles. The number of anilines is 3. The van der Waals surface area contributed by atoms with Crippen molar-refractivity contribution in [3.63, 3.8) is 0 Å².